The zero-order valence-corrected chi connectivity index (χ0v) is 13.8. The van der Waals surface area contributed by atoms with Gasteiger partial charge in [0.15, 0.2) is 0 Å². The molecule has 0 aliphatic rings. The highest BCUT2D eigenvalue weighted by Gasteiger charge is 2.11. The average Bonchev–Trinajstić information content (AvgIpc) is 3.00. The molecule has 0 bridgehead atoms. The fraction of sp³-hybridized carbons (Fsp3) is 0.400. The second-order valence-corrected chi connectivity index (χ2v) is 5.64. The molecule has 0 aliphatic carbocycles. The van der Waals surface area contributed by atoms with Crippen LogP contribution in [0, 0.1) is 0 Å². The van der Waals surface area contributed by atoms with Gasteiger partial charge in [-0.2, -0.15) is 5.10 Å². The molecule has 124 valence electrons. The van der Waals surface area contributed by atoms with Crippen LogP contribution in [0.5, 0.6) is 5.75 Å². The highest BCUT2D eigenvalue weighted by Crippen LogP contribution is 2.23. The lowest BCUT2D eigenvalue weighted by Crippen LogP contribution is -2.45. The first-order valence-corrected chi connectivity index (χ1v) is 7.70. The number of para-hydroxylation sites is 1. The molecule has 1 aromatic carbocycles. The molecule has 0 aliphatic heterocycles. The van der Waals surface area contributed by atoms with E-state index in [1.807, 2.05) is 26.0 Å². The second-order valence-electron chi connectivity index (χ2n) is 5.23. The number of urea groups is 1. The number of benzene rings is 1. The Labute approximate surface area is 140 Å². The molecule has 1 aromatic heterocycles. The summed E-state index contributed by atoms with van der Waals surface area (Å²) >= 11 is 6.03. The van der Waals surface area contributed by atoms with Crippen LogP contribution < -0.4 is 15.4 Å². The Hall–Kier alpha value is -2.28. The summed E-state index contributed by atoms with van der Waals surface area (Å²) in [5.41, 5.74) is 0. The fourth-order valence-electron chi connectivity index (χ4n) is 1.96. The normalized spacial score (nSPS) is 13.2. The third kappa shape index (κ3) is 5.78. The summed E-state index contributed by atoms with van der Waals surface area (Å²) in [6, 6.07) is 6.90. The van der Waals surface area contributed by atoms with Gasteiger partial charge in [-0.05, 0) is 26.0 Å². The predicted molar refractivity (Wildman–Crippen MR) is 87.6 cm³/mol. The van der Waals surface area contributed by atoms with Gasteiger partial charge in [-0.3, -0.25) is 4.68 Å². The predicted octanol–water partition coefficient (Wildman–Crippen LogP) is 2.09. The molecule has 8 heteroatoms. The summed E-state index contributed by atoms with van der Waals surface area (Å²) in [5, 5.41) is 10.1. The fourth-order valence-corrected chi connectivity index (χ4v) is 2.14. The van der Waals surface area contributed by atoms with Crippen molar-refractivity contribution in [2.75, 3.05) is 6.54 Å². The van der Waals surface area contributed by atoms with Crippen molar-refractivity contribution in [3.63, 3.8) is 0 Å². The average molecular weight is 338 g/mol. The van der Waals surface area contributed by atoms with Gasteiger partial charge in [0.25, 0.3) is 0 Å². The third-order valence-corrected chi connectivity index (χ3v) is 3.33. The van der Waals surface area contributed by atoms with Crippen LogP contribution in [0.1, 0.15) is 13.8 Å². The summed E-state index contributed by atoms with van der Waals surface area (Å²) in [4.78, 5) is 15.7. The minimum atomic E-state index is -0.257. The first-order valence-electron chi connectivity index (χ1n) is 7.32. The lowest BCUT2D eigenvalue weighted by Gasteiger charge is -2.18. The molecule has 2 N–H and O–H groups in total. The molecule has 2 atom stereocenters. The Bertz CT molecular complexity index is 620. The molecule has 0 spiro atoms. The zero-order valence-electron chi connectivity index (χ0n) is 13.1. The smallest absolute Gasteiger partial charge is 0.315 e. The molecule has 0 fully saturated rings. The van der Waals surface area contributed by atoms with Crippen molar-refractivity contribution in [2.24, 2.45) is 0 Å². The van der Waals surface area contributed by atoms with E-state index >= 15 is 0 Å². The molecule has 0 saturated heterocycles. The van der Waals surface area contributed by atoms with E-state index in [4.69, 9.17) is 16.3 Å². The van der Waals surface area contributed by atoms with Gasteiger partial charge in [-0.1, -0.05) is 23.7 Å². The van der Waals surface area contributed by atoms with Gasteiger partial charge in [0.1, 0.15) is 24.5 Å². The lowest BCUT2D eigenvalue weighted by molar-refractivity contribution is 0.206. The number of nitrogens with one attached hydrogen (secondary N) is 2. The van der Waals surface area contributed by atoms with Crippen molar-refractivity contribution in [3.05, 3.63) is 41.9 Å². The van der Waals surface area contributed by atoms with Crippen LogP contribution in [-0.4, -0.2) is 39.5 Å². The van der Waals surface area contributed by atoms with Crippen molar-refractivity contribution >= 4 is 17.6 Å². The Balaban J connectivity index is 1.70. The van der Waals surface area contributed by atoms with Gasteiger partial charge >= 0.3 is 6.03 Å². The second kappa shape index (κ2) is 8.38. The van der Waals surface area contributed by atoms with Crippen molar-refractivity contribution in [1.29, 1.82) is 0 Å². The van der Waals surface area contributed by atoms with E-state index < -0.39 is 0 Å². The minimum Gasteiger partial charge on any atom is -0.487 e. The van der Waals surface area contributed by atoms with Gasteiger partial charge in [0.2, 0.25) is 0 Å². The van der Waals surface area contributed by atoms with E-state index in [0.717, 1.165) is 0 Å². The third-order valence-electron chi connectivity index (χ3n) is 3.02. The molecule has 2 aromatic rings. The van der Waals surface area contributed by atoms with Gasteiger partial charge < -0.3 is 15.4 Å². The lowest BCUT2D eigenvalue weighted by atomic mass is 10.3. The largest absolute Gasteiger partial charge is 0.487 e. The monoisotopic (exact) mass is 337 g/mol. The van der Waals surface area contributed by atoms with Crippen LogP contribution in [0.2, 0.25) is 5.02 Å². The van der Waals surface area contributed by atoms with E-state index in [9.17, 15) is 4.79 Å². The van der Waals surface area contributed by atoms with Crippen LogP contribution in [0.3, 0.4) is 0 Å². The van der Waals surface area contributed by atoms with Crippen LogP contribution >= 0.6 is 11.6 Å². The van der Waals surface area contributed by atoms with E-state index in [0.29, 0.717) is 23.9 Å². The number of hydrogen-bond acceptors (Lipinski definition) is 4. The van der Waals surface area contributed by atoms with Gasteiger partial charge in [-0.15, -0.1) is 0 Å². The summed E-state index contributed by atoms with van der Waals surface area (Å²) < 4.78 is 7.35. The van der Waals surface area contributed by atoms with Gasteiger partial charge in [0.05, 0.1) is 18.1 Å². The number of rotatable bonds is 7. The number of carbonyl (C=O) groups is 1. The van der Waals surface area contributed by atoms with Crippen molar-refractivity contribution in [1.82, 2.24) is 25.4 Å². The number of carbonyl (C=O) groups excluding carboxylic acids is 1. The maximum atomic E-state index is 11.9. The maximum Gasteiger partial charge on any atom is 0.315 e. The van der Waals surface area contributed by atoms with Crippen LogP contribution in [0.4, 0.5) is 4.79 Å². The van der Waals surface area contributed by atoms with E-state index in [-0.39, 0.29) is 18.2 Å². The van der Waals surface area contributed by atoms with Gasteiger partial charge in [0, 0.05) is 6.04 Å². The summed E-state index contributed by atoms with van der Waals surface area (Å²) in [6.07, 6.45) is 2.86. The summed E-state index contributed by atoms with van der Waals surface area (Å²) in [7, 11) is 0. The number of aromatic nitrogens is 3. The number of nitrogens with zero attached hydrogens (tertiary/aromatic N) is 3. The quantitative estimate of drug-likeness (QED) is 0.810. The number of halogens is 1. The Morgan fingerprint density at radius 2 is 2.17 bits per heavy atom. The highest BCUT2D eigenvalue weighted by atomic mass is 35.5. The molecule has 7 nitrogen and oxygen atoms in total. The summed E-state index contributed by atoms with van der Waals surface area (Å²) in [5.74, 6) is 0.600. The first kappa shape index (κ1) is 17.1. The Kier molecular flexibility index (Phi) is 6.22. The Morgan fingerprint density at radius 1 is 1.39 bits per heavy atom. The van der Waals surface area contributed by atoms with Crippen LogP contribution in [0.25, 0.3) is 0 Å². The van der Waals surface area contributed by atoms with Crippen LogP contribution in [0.15, 0.2) is 36.9 Å². The zero-order chi connectivity index (χ0) is 16.7. The Morgan fingerprint density at radius 3 is 2.87 bits per heavy atom. The van der Waals surface area contributed by atoms with E-state index in [2.05, 4.69) is 20.7 Å². The molecule has 1 heterocycles. The van der Waals surface area contributed by atoms with Gasteiger partial charge in [-0.25, -0.2) is 9.78 Å². The number of ether oxygens (including phenoxy) is 1. The number of amides is 2. The molecule has 0 unspecified atom stereocenters. The molecule has 2 rings (SSSR count). The minimum absolute atomic E-state index is 0.0727. The number of hydrogen-bond donors (Lipinski definition) is 2. The van der Waals surface area contributed by atoms with E-state index in [1.165, 1.54) is 6.33 Å². The molecule has 2 amide bonds. The molecule has 23 heavy (non-hydrogen) atoms. The summed E-state index contributed by atoms with van der Waals surface area (Å²) in [6.45, 7) is 4.68. The van der Waals surface area contributed by atoms with Crippen molar-refractivity contribution in [2.45, 2.75) is 32.5 Å². The molecule has 0 radical (unpaired) electrons. The molecular weight excluding hydrogens is 318 g/mol. The van der Waals surface area contributed by atoms with E-state index in [1.54, 1.807) is 23.1 Å². The van der Waals surface area contributed by atoms with Crippen LogP contribution in [-0.2, 0) is 6.54 Å². The first-order chi connectivity index (χ1) is 11.0. The van der Waals surface area contributed by atoms with Crippen molar-refractivity contribution < 1.29 is 9.53 Å². The standard InChI is InChI=1S/C15H20ClN5O2/c1-11(8-21-10-17-9-19-21)20-15(22)18-7-12(2)23-14-6-4-3-5-13(14)16/h3-6,9-12H,7-8H2,1-2H3,(H2,18,20,22)/t11-,12+/m1/s1. The topological polar surface area (TPSA) is 81.1 Å². The SMILES string of the molecule is C[C@H](Cn1cncn1)NC(=O)NC[C@H](C)Oc1ccccc1Cl. The maximum absolute atomic E-state index is 11.9. The highest BCUT2D eigenvalue weighted by molar-refractivity contribution is 6.32. The van der Waals surface area contributed by atoms with Crippen molar-refractivity contribution in [3.8, 4) is 5.75 Å². The molecule has 0 saturated carbocycles. The molecular formula is C15H20ClN5O2.